The van der Waals surface area contributed by atoms with Gasteiger partial charge in [0.15, 0.2) is 9.84 Å². The SMILES string of the molecule is COc1ccc(N)c(S(=O)(=O)Cc2ccccn2)c1. The molecule has 0 bridgehead atoms. The molecule has 2 rings (SSSR count). The topological polar surface area (TPSA) is 82.3 Å². The maximum Gasteiger partial charge on any atom is 0.186 e. The molecule has 0 amide bonds. The van der Waals surface area contributed by atoms with Gasteiger partial charge in [0.25, 0.3) is 0 Å². The molecule has 0 saturated heterocycles. The summed E-state index contributed by atoms with van der Waals surface area (Å²) in [5, 5.41) is 0. The van der Waals surface area contributed by atoms with E-state index in [1.54, 1.807) is 30.5 Å². The van der Waals surface area contributed by atoms with Crippen molar-refractivity contribution in [2.75, 3.05) is 12.8 Å². The first-order valence-electron chi connectivity index (χ1n) is 5.59. The van der Waals surface area contributed by atoms with Crippen LogP contribution in [0.3, 0.4) is 0 Å². The number of nitrogens with two attached hydrogens (primary N) is 1. The summed E-state index contributed by atoms with van der Waals surface area (Å²) in [7, 11) is -2.07. The van der Waals surface area contributed by atoms with Crippen molar-refractivity contribution in [3.8, 4) is 5.75 Å². The number of benzene rings is 1. The average Bonchev–Trinajstić information content (AvgIpc) is 2.39. The zero-order valence-corrected chi connectivity index (χ0v) is 11.2. The third-order valence-electron chi connectivity index (χ3n) is 2.62. The Morgan fingerprint density at radius 3 is 2.68 bits per heavy atom. The van der Waals surface area contributed by atoms with Crippen LogP contribution in [0.5, 0.6) is 5.75 Å². The maximum absolute atomic E-state index is 12.3. The smallest absolute Gasteiger partial charge is 0.186 e. The number of nitrogen functional groups attached to an aromatic ring is 1. The van der Waals surface area contributed by atoms with E-state index in [0.717, 1.165) is 0 Å². The van der Waals surface area contributed by atoms with Crippen LogP contribution in [0.15, 0.2) is 47.5 Å². The quantitative estimate of drug-likeness (QED) is 0.860. The molecule has 0 saturated carbocycles. The highest BCUT2D eigenvalue weighted by Gasteiger charge is 2.19. The standard InChI is InChI=1S/C13H14N2O3S/c1-18-11-5-6-12(14)13(8-11)19(16,17)9-10-4-2-3-7-15-10/h2-8H,9,14H2,1H3. The minimum Gasteiger partial charge on any atom is -0.497 e. The van der Waals surface area contributed by atoms with Crippen LogP contribution in [0.25, 0.3) is 0 Å². The zero-order valence-electron chi connectivity index (χ0n) is 10.4. The second kappa shape index (κ2) is 5.27. The van der Waals surface area contributed by atoms with Crippen LogP contribution < -0.4 is 10.5 Å². The fraction of sp³-hybridized carbons (Fsp3) is 0.154. The molecular formula is C13H14N2O3S. The molecule has 0 aliphatic heterocycles. The van der Waals surface area contributed by atoms with E-state index in [9.17, 15) is 8.42 Å². The minimum atomic E-state index is -3.54. The fourth-order valence-corrected chi connectivity index (χ4v) is 3.11. The number of aromatic nitrogens is 1. The summed E-state index contributed by atoms with van der Waals surface area (Å²) in [6.45, 7) is 0. The Kier molecular flexibility index (Phi) is 3.71. The van der Waals surface area contributed by atoms with E-state index < -0.39 is 9.84 Å². The van der Waals surface area contributed by atoms with E-state index in [0.29, 0.717) is 11.4 Å². The van der Waals surface area contributed by atoms with Gasteiger partial charge in [0.05, 0.1) is 29.1 Å². The lowest BCUT2D eigenvalue weighted by Crippen LogP contribution is -2.09. The maximum atomic E-state index is 12.3. The van der Waals surface area contributed by atoms with Crippen LogP contribution in [0, 0.1) is 0 Å². The van der Waals surface area contributed by atoms with Crippen LogP contribution in [-0.2, 0) is 15.6 Å². The van der Waals surface area contributed by atoms with E-state index >= 15 is 0 Å². The van der Waals surface area contributed by atoms with Crippen molar-refractivity contribution < 1.29 is 13.2 Å². The third kappa shape index (κ3) is 3.03. The first-order chi connectivity index (χ1) is 9.03. The molecule has 0 fully saturated rings. The molecule has 1 aromatic carbocycles. The molecule has 0 atom stereocenters. The predicted molar refractivity (Wildman–Crippen MR) is 72.5 cm³/mol. The molecule has 1 heterocycles. The lowest BCUT2D eigenvalue weighted by Gasteiger charge is -2.09. The van der Waals surface area contributed by atoms with Crippen LogP contribution in [0.2, 0.25) is 0 Å². The van der Waals surface area contributed by atoms with Gasteiger partial charge in [-0.05, 0) is 24.3 Å². The summed E-state index contributed by atoms with van der Waals surface area (Å²) in [5.74, 6) is 0.263. The summed E-state index contributed by atoms with van der Waals surface area (Å²) in [6.07, 6.45) is 1.56. The Hall–Kier alpha value is -2.08. The summed E-state index contributed by atoms with van der Waals surface area (Å²) in [4.78, 5) is 4.08. The summed E-state index contributed by atoms with van der Waals surface area (Å²) in [6, 6.07) is 9.70. The van der Waals surface area contributed by atoms with Crippen molar-refractivity contribution in [3.63, 3.8) is 0 Å². The highest BCUT2D eigenvalue weighted by atomic mass is 32.2. The molecule has 0 aliphatic carbocycles. The number of anilines is 1. The van der Waals surface area contributed by atoms with Crippen molar-refractivity contribution >= 4 is 15.5 Å². The molecule has 2 aromatic rings. The number of methoxy groups -OCH3 is 1. The molecule has 6 heteroatoms. The third-order valence-corrected chi connectivity index (χ3v) is 4.32. The van der Waals surface area contributed by atoms with Gasteiger partial charge >= 0.3 is 0 Å². The van der Waals surface area contributed by atoms with Gasteiger partial charge in [-0.25, -0.2) is 8.42 Å². The van der Waals surface area contributed by atoms with Crippen LogP contribution >= 0.6 is 0 Å². The molecule has 19 heavy (non-hydrogen) atoms. The van der Waals surface area contributed by atoms with Crippen molar-refractivity contribution in [3.05, 3.63) is 48.3 Å². The van der Waals surface area contributed by atoms with Crippen molar-refractivity contribution in [2.24, 2.45) is 0 Å². The lowest BCUT2D eigenvalue weighted by atomic mass is 10.3. The molecule has 2 N–H and O–H groups in total. The van der Waals surface area contributed by atoms with Crippen LogP contribution in [-0.4, -0.2) is 20.5 Å². The van der Waals surface area contributed by atoms with Gasteiger partial charge in [-0.15, -0.1) is 0 Å². The Morgan fingerprint density at radius 2 is 2.05 bits per heavy atom. The van der Waals surface area contributed by atoms with Gasteiger partial charge < -0.3 is 10.5 Å². The van der Waals surface area contributed by atoms with E-state index in [1.807, 2.05) is 0 Å². The van der Waals surface area contributed by atoms with E-state index in [4.69, 9.17) is 10.5 Å². The molecular weight excluding hydrogens is 264 g/mol. The van der Waals surface area contributed by atoms with Gasteiger partial charge in [-0.2, -0.15) is 0 Å². The van der Waals surface area contributed by atoms with Crippen molar-refractivity contribution in [1.29, 1.82) is 0 Å². The Balaban J connectivity index is 2.39. The molecule has 0 unspecified atom stereocenters. The summed E-state index contributed by atoms with van der Waals surface area (Å²) >= 11 is 0. The molecule has 5 nitrogen and oxygen atoms in total. The number of rotatable bonds is 4. The normalized spacial score (nSPS) is 11.2. The lowest BCUT2D eigenvalue weighted by molar-refractivity contribution is 0.413. The number of nitrogens with zero attached hydrogens (tertiary/aromatic N) is 1. The van der Waals surface area contributed by atoms with Gasteiger partial charge in [0, 0.05) is 12.3 Å². The Labute approximate surface area is 112 Å². The first-order valence-corrected chi connectivity index (χ1v) is 7.24. The van der Waals surface area contributed by atoms with Crippen LogP contribution in [0.4, 0.5) is 5.69 Å². The van der Waals surface area contributed by atoms with Crippen molar-refractivity contribution in [2.45, 2.75) is 10.6 Å². The number of pyridine rings is 1. The van der Waals surface area contributed by atoms with Gasteiger partial charge in [-0.1, -0.05) is 6.07 Å². The average molecular weight is 278 g/mol. The van der Waals surface area contributed by atoms with E-state index in [2.05, 4.69) is 4.98 Å². The predicted octanol–water partition coefficient (Wildman–Crippen LogP) is 1.65. The summed E-state index contributed by atoms with van der Waals surface area (Å²) < 4.78 is 29.6. The molecule has 0 aliphatic rings. The van der Waals surface area contributed by atoms with Crippen molar-refractivity contribution in [1.82, 2.24) is 4.98 Å². The Morgan fingerprint density at radius 1 is 1.26 bits per heavy atom. The van der Waals surface area contributed by atoms with Gasteiger partial charge in [0.1, 0.15) is 5.75 Å². The molecule has 0 radical (unpaired) electrons. The monoisotopic (exact) mass is 278 g/mol. The highest BCUT2D eigenvalue weighted by Crippen LogP contribution is 2.26. The molecule has 1 aromatic heterocycles. The highest BCUT2D eigenvalue weighted by molar-refractivity contribution is 7.90. The largest absolute Gasteiger partial charge is 0.497 e. The van der Waals surface area contributed by atoms with E-state index in [1.165, 1.54) is 19.2 Å². The zero-order chi connectivity index (χ0) is 13.9. The molecule has 100 valence electrons. The summed E-state index contributed by atoms with van der Waals surface area (Å²) in [5.41, 5.74) is 6.41. The van der Waals surface area contributed by atoms with Crippen LogP contribution in [0.1, 0.15) is 5.69 Å². The number of sulfone groups is 1. The number of ether oxygens (including phenoxy) is 1. The second-order valence-corrected chi connectivity index (χ2v) is 5.94. The first kappa shape index (κ1) is 13.4. The fourth-order valence-electron chi connectivity index (χ4n) is 1.67. The number of hydrogen-bond acceptors (Lipinski definition) is 5. The Bertz CT molecular complexity index is 670. The van der Waals surface area contributed by atoms with Gasteiger partial charge in [0.2, 0.25) is 0 Å². The molecule has 0 spiro atoms. The van der Waals surface area contributed by atoms with E-state index in [-0.39, 0.29) is 16.3 Å². The van der Waals surface area contributed by atoms with Gasteiger partial charge in [-0.3, -0.25) is 4.98 Å². The second-order valence-electron chi connectivity index (χ2n) is 3.98. The minimum absolute atomic E-state index is 0.0671. The number of hydrogen-bond donors (Lipinski definition) is 1.